The molecule has 0 saturated heterocycles. The summed E-state index contributed by atoms with van der Waals surface area (Å²) in [4.78, 5) is 10.4. The molecule has 15 heavy (non-hydrogen) atoms. The highest BCUT2D eigenvalue weighted by Crippen LogP contribution is 2.31. The van der Waals surface area contributed by atoms with Gasteiger partial charge in [0, 0.05) is 21.8 Å². The molecular weight excluding hydrogens is 212 g/mol. The van der Waals surface area contributed by atoms with Gasteiger partial charge in [0.2, 0.25) is 0 Å². The average molecular weight is 232 g/mol. The van der Waals surface area contributed by atoms with E-state index in [2.05, 4.69) is 13.8 Å². The van der Waals surface area contributed by atoms with Gasteiger partial charge in [0.15, 0.2) is 0 Å². The molecule has 0 aliphatic heterocycles. The largest absolute Gasteiger partial charge is 0.481 e. The summed E-state index contributed by atoms with van der Waals surface area (Å²) >= 11 is 0. The van der Waals surface area contributed by atoms with E-state index in [0.29, 0.717) is 17.6 Å². The van der Waals surface area contributed by atoms with Crippen LogP contribution in [0.4, 0.5) is 0 Å². The zero-order valence-electron chi connectivity index (χ0n) is 9.44. The highest BCUT2D eigenvalue weighted by Gasteiger charge is 2.27. The molecule has 3 atom stereocenters. The van der Waals surface area contributed by atoms with E-state index in [1.54, 1.807) is 0 Å². The Labute approximate surface area is 93.7 Å². The Morgan fingerprint density at radius 2 is 1.80 bits per heavy atom. The van der Waals surface area contributed by atoms with Crippen molar-refractivity contribution in [1.82, 2.24) is 0 Å². The smallest absolute Gasteiger partial charge is 0.304 e. The minimum atomic E-state index is -0.949. The van der Waals surface area contributed by atoms with Crippen molar-refractivity contribution in [2.75, 3.05) is 5.75 Å². The number of carboxylic acid groups (broad SMARTS) is 1. The zero-order chi connectivity index (χ0) is 11.4. The molecule has 3 unspecified atom stereocenters. The van der Waals surface area contributed by atoms with Crippen LogP contribution in [0.5, 0.6) is 0 Å². The third-order valence-electron chi connectivity index (χ3n) is 3.02. The lowest BCUT2D eigenvalue weighted by atomic mass is 9.83. The fourth-order valence-corrected chi connectivity index (χ4v) is 4.24. The third kappa shape index (κ3) is 4.33. The van der Waals surface area contributed by atoms with Gasteiger partial charge >= 0.3 is 5.97 Å². The maximum Gasteiger partial charge on any atom is 0.304 e. The number of carboxylic acids is 1. The predicted molar refractivity (Wildman–Crippen MR) is 61.2 cm³/mol. The van der Waals surface area contributed by atoms with Crippen LogP contribution < -0.4 is 0 Å². The Bertz CT molecular complexity index is 242. The van der Waals surface area contributed by atoms with Gasteiger partial charge in [-0.25, -0.2) is 0 Å². The van der Waals surface area contributed by atoms with E-state index < -0.39 is 16.8 Å². The predicted octanol–water partition coefficient (Wildman–Crippen LogP) is 2.03. The first kappa shape index (κ1) is 12.7. The van der Waals surface area contributed by atoms with Crippen molar-refractivity contribution in [3.05, 3.63) is 0 Å². The molecule has 0 aromatic heterocycles. The lowest BCUT2D eigenvalue weighted by molar-refractivity contribution is -0.136. The number of carbonyl (C=O) groups is 1. The zero-order valence-corrected chi connectivity index (χ0v) is 10.3. The van der Waals surface area contributed by atoms with Crippen LogP contribution >= 0.6 is 0 Å². The quantitative estimate of drug-likeness (QED) is 0.807. The second-order valence-electron chi connectivity index (χ2n) is 4.77. The van der Waals surface area contributed by atoms with Gasteiger partial charge < -0.3 is 5.11 Å². The number of hydrogen-bond donors (Lipinski definition) is 1. The van der Waals surface area contributed by atoms with Gasteiger partial charge in [-0.1, -0.05) is 13.8 Å². The van der Waals surface area contributed by atoms with Gasteiger partial charge in [-0.2, -0.15) is 0 Å². The SMILES string of the molecule is CC1CC(C)CC(S(=O)CCC(=O)O)C1. The Balaban J connectivity index is 2.41. The molecule has 1 rings (SSSR count). The molecule has 88 valence electrons. The van der Waals surface area contributed by atoms with E-state index in [0.717, 1.165) is 12.8 Å². The van der Waals surface area contributed by atoms with Gasteiger partial charge in [0.1, 0.15) is 0 Å². The highest BCUT2D eigenvalue weighted by atomic mass is 32.2. The summed E-state index contributed by atoms with van der Waals surface area (Å²) in [5.74, 6) is 0.736. The molecule has 1 N–H and O–H groups in total. The van der Waals surface area contributed by atoms with E-state index in [4.69, 9.17) is 5.11 Å². The van der Waals surface area contributed by atoms with Crippen LogP contribution in [0.2, 0.25) is 0 Å². The molecule has 0 spiro atoms. The van der Waals surface area contributed by atoms with E-state index >= 15 is 0 Å². The molecule has 3 nitrogen and oxygen atoms in total. The molecule has 4 heteroatoms. The van der Waals surface area contributed by atoms with Crippen LogP contribution in [0.3, 0.4) is 0 Å². The summed E-state index contributed by atoms with van der Waals surface area (Å²) in [7, 11) is -0.949. The van der Waals surface area contributed by atoms with E-state index in [1.165, 1.54) is 6.42 Å². The summed E-state index contributed by atoms with van der Waals surface area (Å²) in [5, 5.41) is 8.76. The van der Waals surface area contributed by atoms with Crippen molar-refractivity contribution >= 4 is 16.8 Å². The van der Waals surface area contributed by atoms with Crippen molar-refractivity contribution in [2.45, 2.75) is 44.8 Å². The first-order valence-electron chi connectivity index (χ1n) is 5.58. The summed E-state index contributed by atoms with van der Waals surface area (Å²) < 4.78 is 11.8. The Morgan fingerprint density at radius 3 is 2.27 bits per heavy atom. The third-order valence-corrected chi connectivity index (χ3v) is 4.76. The molecular formula is C11H20O3S. The standard InChI is InChI=1S/C11H20O3S/c1-8-5-9(2)7-10(6-8)15(14)4-3-11(12)13/h8-10H,3-7H2,1-2H3,(H,12,13). The molecule has 1 aliphatic rings. The lowest BCUT2D eigenvalue weighted by Gasteiger charge is -2.30. The Hall–Kier alpha value is -0.380. The lowest BCUT2D eigenvalue weighted by Crippen LogP contribution is -2.29. The molecule has 0 aromatic carbocycles. The fraction of sp³-hybridized carbons (Fsp3) is 0.909. The molecule has 0 aromatic rings. The van der Waals surface area contributed by atoms with Gasteiger partial charge in [-0.3, -0.25) is 9.00 Å². The van der Waals surface area contributed by atoms with Crippen molar-refractivity contribution in [3.63, 3.8) is 0 Å². The summed E-state index contributed by atoms with van der Waals surface area (Å²) in [5.41, 5.74) is 0. The molecule has 0 amide bonds. The second-order valence-corrected chi connectivity index (χ2v) is 6.60. The number of rotatable bonds is 4. The van der Waals surface area contributed by atoms with Gasteiger partial charge in [-0.15, -0.1) is 0 Å². The molecule has 0 heterocycles. The monoisotopic (exact) mass is 232 g/mol. The van der Waals surface area contributed by atoms with E-state index in [9.17, 15) is 9.00 Å². The van der Waals surface area contributed by atoms with Crippen LogP contribution in [0, 0.1) is 11.8 Å². The van der Waals surface area contributed by atoms with Gasteiger partial charge in [0.05, 0.1) is 6.42 Å². The van der Waals surface area contributed by atoms with Crippen LogP contribution in [-0.4, -0.2) is 26.3 Å². The van der Waals surface area contributed by atoms with Crippen molar-refractivity contribution in [2.24, 2.45) is 11.8 Å². The summed E-state index contributed by atoms with van der Waals surface area (Å²) in [6.45, 7) is 4.38. The number of aliphatic carboxylic acids is 1. The molecule has 1 aliphatic carbocycles. The normalized spacial score (nSPS) is 33.6. The fourth-order valence-electron chi connectivity index (χ4n) is 2.44. The molecule has 1 fully saturated rings. The Kier molecular flexibility index (Phi) is 4.77. The first-order valence-corrected chi connectivity index (χ1v) is 6.96. The molecule has 0 bridgehead atoms. The van der Waals surface area contributed by atoms with Gasteiger partial charge in [0.25, 0.3) is 0 Å². The summed E-state index contributed by atoms with van der Waals surface area (Å²) in [6.07, 6.45) is 3.24. The van der Waals surface area contributed by atoms with E-state index in [1.807, 2.05) is 0 Å². The van der Waals surface area contributed by atoms with Crippen molar-refractivity contribution in [1.29, 1.82) is 0 Å². The van der Waals surface area contributed by atoms with Crippen LogP contribution in [0.1, 0.15) is 39.5 Å². The van der Waals surface area contributed by atoms with E-state index in [-0.39, 0.29) is 11.7 Å². The minimum absolute atomic E-state index is 0.0336. The maximum atomic E-state index is 11.8. The second kappa shape index (κ2) is 5.64. The maximum absolute atomic E-state index is 11.8. The van der Waals surface area contributed by atoms with Crippen LogP contribution in [0.25, 0.3) is 0 Å². The topological polar surface area (TPSA) is 54.4 Å². The van der Waals surface area contributed by atoms with Crippen molar-refractivity contribution < 1.29 is 14.1 Å². The summed E-state index contributed by atoms with van der Waals surface area (Å²) in [6, 6.07) is 0. The molecule has 0 radical (unpaired) electrons. The van der Waals surface area contributed by atoms with Crippen LogP contribution in [0.15, 0.2) is 0 Å². The number of hydrogen-bond acceptors (Lipinski definition) is 2. The van der Waals surface area contributed by atoms with Gasteiger partial charge in [-0.05, 0) is 31.1 Å². The Morgan fingerprint density at radius 1 is 1.27 bits per heavy atom. The van der Waals surface area contributed by atoms with Crippen LogP contribution in [-0.2, 0) is 15.6 Å². The van der Waals surface area contributed by atoms with Crippen molar-refractivity contribution in [3.8, 4) is 0 Å². The first-order chi connectivity index (χ1) is 6.99. The minimum Gasteiger partial charge on any atom is -0.481 e. The highest BCUT2D eigenvalue weighted by molar-refractivity contribution is 7.85. The average Bonchev–Trinajstić information content (AvgIpc) is 2.12. The molecule has 1 saturated carbocycles.